The van der Waals surface area contributed by atoms with Crippen molar-refractivity contribution >= 4 is 33.6 Å². The normalized spacial score (nSPS) is 16.1. The average molecular weight is 306 g/mol. The number of carbonyl (C=O) groups excluding carboxylic acids is 2. The number of carbonyl (C=O) groups is 2. The van der Waals surface area contributed by atoms with Gasteiger partial charge in [-0.1, -0.05) is 0 Å². The van der Waals surface area contributed by atoms with Crippen LogP contribution in [0, 0.1) is 11.6 Å². The summed E-state index contributed by atoms with van der Waals surface area (Å²) in [6, 6.07) is 1.86. The Labute approximate surface area is 103 Å². The second-order valence-corrected chi connectivity index (χ2v) is 4.27. The summed E-state index contributed by atoms with van der Waals surface area (Å²) >= 11 is 2.84. The van der Waals surface area contributed by atoms with Crippen molar-refractivity contribution in [3.63, 3.8) is 0 Å². The van der Waals surface area contributed by atoms with E-state index in [-0.39, 0.29) is 23.2 Å². The minimum atomic E-state index is -0.788. The maximum Gasteiger partial charge on any atom is 0.333 e. The van der Waals surface area contributed by atoms with Crippen molar-refractivity contribution in [3.8, 4) is 0 Å². The Morgan fingerprint density at radius 3 is 2.29 bits per heavy atom. The van der Waals surface area contributed by atoms with Crippen LogP contribution in [0.3, 0.4) is 0 Å². The molecule has 7 heteroatoms. The lowest BCUT2D eigenvalue weighted by molar-refractivity contribution is -0.160. The first kappa shape index (κ1) is 12.0. The van der Waals surface area contributed by atoms with Crippen LogP contribution in [-0.2, 0) is 14.3 Å². The number of benzene rings is 1. The molecule has 0 N–H and O–H groups in total. The molecular formula is C10H6BrF2NO3. The van der Waals surface area contributed by atoms with E-state index in [1.54, 1.807) is 0 Å². The molecule has 2 rings (SSSR count). The van der Waals surface area contributed by atoms with Gasteiger partial charge in [-0.25, -0.2) is 18.4 Å². The van der Waals surface area contributed by atoms with Gasteiger partial charge in [-0.15, -0.1) is 0 Å². The molecule has 17 heavy (non-hydrogen) atoms. The van der Waals surface area contributed by atoms with Gasteiger partial charge in [-0.3, -0.25) is 0 Å². The largest absolute Gasteiger partial charge is 0.390 e. The van der Waals surface area contributed by atoms with E-state index in [4.69, 9.17) is 0 Å². The summed E-state index contributed by atoms with van der Waals surface area (Å²) in [6.07, 6.45) is 0. The molecule has 1 aliphatic rings. The molecule has 1 fully saturated rings. The van der Waals surface area contributed by atoms with Crippen molar-refractivity contribution in [2.75, 3.05) is 18.0 Å². The van der Waals surface area contributed by atoms with E-state index in [1.165, 1.54) is 0 Å². The minimum absolute atomic E-state index is 0.0235. The van der Waals surface area contributed by atoms with E-state index in [0.29, 0.717) is 0 Å². The zero-order chi connectivity index (χ0) is 12.6. The predicted molar refractivity (Wildman–Crippen MR) is 57.4 cm³/mol. The molecule has 4 nitrogen and oxygen atoms in total. The predicted octanol–water partition coefficient (Wildman–Crippen LogP) is 1.62. The van der Waals surface area contributed by atoms with Crippen LogP contribution in [0.1, 0.15) is 0 Å². The molecule has 0 radical (unpaired) electrons. The molecule has 0 spiro atoms. The first-order valence-corrected chi connectivity index (χ1v) is 5.39. The van der Waals surface area contributed by atoms with Gasteiger partial charge in [0.2, 0.25) is 0 Å². The molecule has 0 amide bonds. The molecule has 0 aromatic heterocycles. The lowest BCUT2D eigenvalue weighted by Crippen LogP contribution is -2.43. The van der Waals surface area contributed by atoms with Crippen molar-refractivity contribution in [1.29, 1.82) is 0 Å². The monoisotopic (exact) mass is 305 g/mol. The number of cyclic esters (lactones) is 2. The smallest absolute Gasteiger partial charge is 0.333 e. The maximum atomic E-state index is 13.6. The van der Waals surface area contributed by atoms with Gasteiger partial charge in [-0.2, -0.15) is 0 Å². The van der Waals surface area contributed by atoms with Crippen LogP contribution in [0.25, 0.3) is 0 Å². The summed E-state index contributed by atoms with van der Waals surface area (Å²) in [4.78, 5) is 23.1. The van der Waals surface area contributed by atoms with Crippen molar-refractivity contribution in [2.45, 2.75) is 0 Å². The van der Waals surface area contributed by atoms with Gasteiger partial charge in [0, 0.05) is 6.07 Å². The third kappa shape index (κ3) is 2.44. The number of esters is 2. The summed E-state index contributed by atoms with van der Waals surface area (Å²) in [5, 5.41) is 0. The molecular weight excluding hydrogens is 300 g/mol. The highest BCUT2D eigenvalue weighted by molar-refractivity contribution is 9.10. The highest BCUT2D eigenvalue weighted by atomic mass is 79.9. The zero-order valence-electron chi connectivity index (χ0n) is 8.37. The molecule has 1 aromatic carbocycles. The van der Waals surface area contributed by atoms with Gasteiger partial charge in [0.25, 0.3) is 0 Å². The second-order valence-electron chi connectivity index (χ2n) is 3.42. The Balaban J connectivity index is 2.36. The maximum absolute atomic E-state index is 13.6. The fourth-order valence-corrected chi connectivity index (χ4v) is 1.80. The number of rotatable bonds is 1. The van der Waals surface area contributed by atoms with E-state index < -0.39 is 23.6 Å². The average Bonchev–Trinajstić information content (AvgIpc) is 2.22. The Bertz CT molecular complexity index is 491. The van der Waals surface area contributed by atoms with Crippen molar-refractivity contribution in [1.82, 2.24) is 0 Å². The summed E-state index contributed by atoms with van der Waals surface area (Å²) in [7, 11) is 0. The van der Waals surface area contributed by atoms with E-state index in [0.717, 1.165) is 17.0 Å². The third-order valence-corrected chi connectivity index (χ3v) is 2.81. The second kappa shape index (κ2) is 4.40. The number of anilines is 1. The summed E-state index contributed by atoms with van der Waals surface area (Å²) in [5.41, 5.74) is -0.143. The molecule has 1 saturated heterocycles. The minimum Gasteiger partial charge on any atom is -0.390 e. The van der Waals surface area contributed by atoms with Crippen LogP contribution in [-0.4, -0.2) is 25.0 Å². The Kier molecular flexibility index (Phi) is 3.10. The Morgan fingerprint density at radius 1 is 1.12 bits per heavy atom. The molecule has 0 bridgehead atoms. The Hall–Kier alpha value is -1.50. The molecule has 1 heterocycles. The van der Waals surface area contributed by atoms with Gasteiger partial charge in [0.05, 0.1) is 10.2 Å². The van der Waals surface area contributed by atoms with Crippen LogP contribution in [0.15, 0.2) is 16.6 Å². The SMILES string of the molecule is O=C1CN(c2cc(F)c(Br)cc2F)CC(=O)O1. The van der Waals surface area contributed by atoms with E-state index in [2.05, 4.69) is 20.7 Å². The van der Waals surface area contributed by atoms with Gasteiger partial charge < -0.3 is 9.64 Å². The van der Waals surface area contributed by atoms with Crippen LogP contribution in [0.5, 0.6) is 0 Å². The van der Waals surface area contributed by atoms with Crippen molar-refractivity contribution in [3.05, 3.63) is 28.2 Å². The molecule has 0 aliphatic carbocycles. The highest BCUT2D eigenvalue weighted by Crippen LogP contribution is 2.27. The fraction of sp³-hybridized carbons (Fsp3) is 0.200. The first-order chi connectivity index (χ1) is 7.97. The van der Waals surface area contributed by atoms with Crippen LogP contribution >= 0.6 is 15.9 Å². The quantitative estimate of drug-likeness (QED) is 0.449. The first-order valence-electron chi connectivity index (χ1n) is 4.60. The molecule has 0 atom stereocenters. The topological polar surface area (TPSA) is 46.6 Å². The van der Waals surface area contributed by atoms with Crippen molar-refractivity contribution in [2.24, 2.45) is 0 Å². The van der Waals surface area contributed by atoms with E-state index >= 15 is 0 Å². The van der Waals surface area contributed by atoms with E-state index in [1.807, 2.05) is 0 Å². The zero-order valence-corrected chi connectivity index (χ0v) is 9.96. The summed E-state index contributed by atoms with van der Waals surface area (Å²) in [5.74, 6) is -2.97. The Morgan fingerprint density at radius 2 is 1.71 bits per heavy atom. The lowest BCUT2D eigenvalue weighted by atomic mass is 10.2. The highest BCUT2D eigenvalue weighted by Gasteiger charge is 2.27. The van der Waals surface area contributed by atoms with Crippen LogP contribution < -0.4 is 4.90 Å². The number of hydrogen-bond acceptors (Lipinski definition) is 4. The number of ether oxygens (including phenoxy) is 1. The molecule has 1 aromatic rings. The molecule has 0 unspecified atom stereocenters. The summed E-state index contributed by atoms with van der Waals surface area (Å²) in [6.45, 7) is -0.576. The fourth-order valence-electron chi connectivity index (χ4n) is 1.48. The molecule has 0 saturated carbocycles. The van der Waals surface area contributed by atoms with Gasteiger partial charge in [0.1, 0.15) is 24.7 Å². The summed E-state index contributed by atoms with van der Waals surface area (Å²) < 4.78 is 31.1. The molecule has 90 valence electrons. The number of halogens is 3. The van der Waals surface area contributed by atoms with Crippen molar-refractivity contribution < 1.29 is 23.1 Å². The van der Waals surface area contributed by atoms with Gasteiger partial charge in [-0.05, 0) is 22.0 Å². The number of morpholine rings is 1. The van der Waals surface area contributed by atoms with Gasteiger partial charge in [0.15, 0.2) is 0 Å². The van der Waals surface area contributed by atoms with Crippen LogP contribution in [0.2, 0.25) is 0 Å². The number of nitrogens with zero attached hydrogens (tertiary/aromatic N) is 1. The standard InChI is InChI=1S/C10H6BrF2NO3/c11-5-1-7(13)8(2-6(5)12)14-3-9(15)17-10(16)4-14/h1-2H,3-4H2. The van der Waals surface area contributed by atoms with Gasteiger partial charge >= 0.3 is 11.9 Å². The van der Waals surface area contributed by atoms with E-state index in [9.17, 15) is 18.4 Å². The third-order valence-electron chi connectivity index (χ3n) is 2.20. The lowest BCUT2D eigenvalue weighted by Gasteiger charge is -2.26. The van der Waals surface area contributed by atoms with Crippen LogP contribution in [0.4, 0.5) is 14.5 Å². The molecule has 1 aliphatic heterocycles. The number of hydrogen-bond donors (Lipinski definition) is 0.